The van der Waals surface area contributed by atoms with Crippen LogP contribution in [-0.4, -0.2) is 42.5 Å². The van der Waals surface area contributed by atoms with E-state index in [2.05, 4.69) is 24.5 Å². The first-order valence-electron chi connectivity index (χ1n) is 10.7. The van der Waals surface area contributed by atoms with E-state index in [1.165, 1.54) is 25.7 Å². The normalized spacial score (nSPS) is 27.0. The topological polar surface area (TPSA) is 59.6 Å². The van der Waals surface area contributed by atoms with Gasteiger partial charge in [-0.1, -0.05) is 12.8 Å². The first kappa shape index (κ1) is 21.5. The van der Waals surface area contributed by atoms with Crippen LogP contribution >= 0.6 is 0 Å². The fourth-order valence-corrected chi connectivity index (χ4v) is 4.02. The van der Waals surface area contributed by atoms with Crippen molar-refractivity contribution in [3.63, 3.8) is 0 Å². The van der Waals surface area contributed by atoms with E-state index in [0.29, 0.717) is 24.2 Å². The molecule has 2 amide bonds. The fraction of sp³-hybridized carbons (Fsp3) is 0.952. The Bertz CT molecular complexity index is 417. The molecule has 5 nitrogen and oxygen atoms in total. The lowest BCUT2D eigenvalue weighted by Crippen LogP contribution is -2.44. The third kappa shape index (κ3) is 7.43. The molecule has 0 aromatic carbocycles. The van der Waals surface area contributed by atoms with Crippen LogP contribution in [0, 0.1) is 5.92 Å². The summed E-state index contributed by atoms with van der Waals surface area (Å²) in [6.45, 7) is 10.4. The summed E-state index contributed by atoms with van der Waals surface area (Å²) in [6, 6.07) is 0.240. The predicted octanol–water partition coefficient (Wildman–Crippen LogP) is 4.39. The molecule has 0 spiro atoms. The van der Waals surface area contributed by atoms with Crippen LogP contribution in [0.1, 0.15) is 86.0 Å². The molecule has 2 rings (SSSR count). The predicted molar refractivity (Wildman–Crippen MR) is 105 cm³/mol. The van der Waals surface area contributed by atoms with E-state index in [1.54, 1.807) is 0 Å². The lowest BCUT2D eigenvalue weighted by Gasteiger charge is -2.40. The van der Waals surface area contributed by atoms with Gasteiger partial charge in [0.15, 0.2) is 0 Å². The summed E-state index contributed by atoms with van der Waals surface area (Å²) < 4.78 is 12.4. The molecule has 26 heavy (non-hydrogen) atoms. The highest BCUT2D eigenvalue weighted by molar-refractivity contribution is 5.74. The largest absolute Gasteiger partial charge is 0.375 e. The van der Waals surface area contributed by atoms with E-state index in [0.717, 1.165) is 25.7 Å². The summed E-state index contributed by atoms with van der Waals surface area (Å²) in [7, 11) is 0. The van der Waals surface area contributed by atoms with Crippen molar-refractivity contribution in [3.05, 3.63) is 0 Å². The summed E-state index contributed by atoms with van der Waals surface area (Å²) in [5.74, 6) is 0.660. The van der Waals surface area contributed by atoms with Crippen molar-refractivity contribution in [2.45, 2.75) is 122 Å². The molecule has 5 heteroatoms. The minimum absolute atomic E-state index is 0.0841. The molecule has 0 saturated heterocycles. The van der Waals surface area contributed by atoms with Crippen LogP contribution in [0.5, 0.6) is 0 Å². The zero-order valence-corrected chi connectivity index (χ0v) is 17.4. The number of nitrogens with one attached hydrogen (secondary N) is 2. The van der Waals surface area contributed by atoms with Gasteiger partial charge in [0.05, 0.1) is 24.4 Å². The van der Waals surface area contributed by atoms with E-state index >= 15 is 0 Å². The molecule has 0 aliphatic heterocycles. The summed E-state index contributed by atoms with van der Waals surface area (Å²) in [6.07, 6.45) is 10.8. The number of rotatable bonds is 10. The average molecular weight is 369 g/mol. The van der Waals surface area contributed by atoms with Crippen LogP contribution in [0.15, 0.2) is 0 Å². The van der Waals surface area contributed by atoms with Crippen molar-refractivity contribution in [1.82, 2.24) is 10.6 Å². The van der Waals surface area contributed by atoms with Gasteiger partial charge >= 0.3 is 6.03 Å². The second kappa shape index (κ2) is 10.5. The van der Waals surface area contributed by atoms with E-state index in [-0.39, 0.29) is 24.2 Å². The van der Waals surface area contributed by atoms with E-state index in [9.17, 15) is 4.79 Å². The third-order valence-electron chi connectivity index (χ3n) is 5.73. The van der Waals surface area contributed by atoms with Gasteiger partial charge in [0.1, 0.15) is 0 Å². The molecule has 2 aliphatic rings. The van der Waals surface area contributed by atoms with Gasteiger partial charge in [0.25, 0.3) is 0 Å². The number of carbonyl (C=O) groups is 1. The monoisotopic (exact) mass is 368 g/mol. The number of carbonyl (C=O) groups excluding carboxylic acids is 1. The Kier molecular flexibility index (Phi) is 8.68. The molecule has 0 heterocycles. The van der Waals surface area contributed by atoms with E-state index in [1.807, 2.05) is 20.8 Å². The Labute approximate surface area is 160 Å². The summed E-state index contributed by atoms with van der Waals surface area (Å²) in [5, 5.41) is 5.84. The Morgan fingerprint density at radius 1 is 0.923 bits per heavy atom. The molecular formula is C21H40N2O3. The lowest BCUT2D eigenvalue weighted by atomic mass is 9.78. The molecule has 2 saturated carbocycles. The van der Waals surface area contributed by atoms with Crippen LogP contribution < -0.4 is 10.6 Å². The molecule has 0 aromatic heterocycles. The Hall–Kier alpha value is -0.810. The van der Waals surface area contributed by atoms with Crippen molar-refractivity contribution in [1.29, 1.82) is 0 Å². The molecule has 152 valence electrons. The Balaban J connectivity index is 1.53. The first-order valence-corrected chi connectivity index (χ1v) is 10.7. The average Bonchev–Trinajstić information content (AvgIpc) is 3.00. The maximum Gasteiger partial charge on any atom is 0.315 e. The lowest BCUT2D eigenvalue weighted by molar-refractivity contribution is -0.121. The zero-order valence-electron chi connectivity index (χ0n) is 17.4. The van der Waals surface area contributed by atoms with Crippen LogP contribution in [0.3, 0.4) is 0 Å². The minimum Gasteiger partial charge on any atom is -0.375 e. The molecule has 0 bridgehead atoms. The molecular weight excluding hydrogens is 328 g/mol. The van der Waals surface area contributed by atoms with Gasteiger partial charge < -0.3 is 20.1 Å². The first-order chi connectivity index (χ1) is 12.3. The SMILES string of the molecule is CC(C)NC(=O)NC(C)CC[C@@H](C)OC1CC([C@@H](C)OC2CCCC2)C1. The zero-order chi connectivity index (χ0) is 19.1. The Morgan fingerprint density at radius 3 is 2.19 bits per heavy atom. The fourth-order valence-electron chi connectivity index (χ4n) is 4.02. The summed E-state index contributed by atoms with van der Waals surface area (Å²) >= 11 is 0. The van der Waals surface area contributed by atoms with Gasteiger partial charge in [-0.25, -0.2) is 4.79 Å². The van der Waals surface area contributed by atoms with Crippen molar-refractivity contribution in [3.8, 4) is 0 Å². The number of hydrogen-bond donors (Lipinski definition) is 2. The Morgan fingerprint density at radius 2 is 1.58 bits per heavy atom. The smallest absolute Gasteiger partial charge is 0.315 e. The van der Waals surface area contributed by atoms with Crippen molar-refractivity contribution in [2.75, 3.05) is 0 Å². The van der Waals surface area contributed by atoms with Gasteiger partial charge in [-0.2, -0.15) is 0 Å². The second-order valence-corrected chi connectivity index (χ2v) is 8.80. The van der Waals surface area contributed by atoms with Gasteiger partial charge in [-0.05, 0) is 79.1 Å². The molecule has 0 aromatic rings. The number of urea groups is 1. The number of ether oxygens (including phenoxy) is 2. The van der Waals surface area contributed by atoms with Gasteiger partial charge in [-0.3, -0.25) is 0 Å². The molecule has 1 unspecified atom stereocenters. The minimum atomic E-state index is -0.0841. The molecule has 2 fully saturated rings. The van der Waals surface area contributed by atoms with E-state index < -0.39 is 0 Å². The van der Waals surface area contributed by atoms with Gasteiger partial charge in [-0.15, -0.1) is 0 Å². The number of hydrogen-bond acceptors (Lipinski definition) is 3. The summed E-state index contributed by atoms with van der Waals surface area (Å²) in [5.41, 5.74) is 0. The van der Waals surface area contributed by atoms with Gasteiger partial charge in [0.2, 0.25) is 0 Å². The maximum absolute atomic E-state index is 11.7. The molecule has 0 radical (unpaired) electrons. The van der Waals surface area contributed by atoms with Crippen LogP contribution in [0.25, 0.3) is 0 Å². The van der Waals surface area contributed by atoms with Crippen LogP contribution in [0.4, 0.5) is 4.79 Å². The maximum atomic E-state index is 11.7. The van der Waals surface area contributed by atoms with Crippen molar-refractivity contribution < 1.29 is 14.3 Å². The highest BCUT2D eigenvalue weighted by Gasteiger charge is 2.36. The van der Waals surface area contributed by atoms with Crippen LogP contribution in [0.2, 0.25) is 0 Å². The van der Waals surface area contributed by atoms with Crippen LogP contribution in [-0.2, 0) is 9.47 Å². The third-order valence-corrected chi connectivity index (χ3v) is 5.73. The summed E-state index contributed by atoms with van der Waals surface area (Å²) in [4.78, 5) is 11.7. The van der Waals surface area contributed by atoms with E-state index in [4.69, 9.17) is 9.47 Å². The highest BCUT2D eigenvalue weighted by Crippen LogP contribution is 2.36. The van der Waals surface area contributed by atoms with Crippen molar-refractivity contribution in [2.24, 2.45) is 5.92 Å². The second-order valence-electron chi connectivity index (χ2n) is 8.80. The highest BCUT2D eigenvalue weighted by atomic mass is 16.5. The standard InChI is InChI=1S/C21H40N2O3/c1-14(2)22-21(24)23-15(3)10-11-16(4)25-20-12-18(13-20)17(5)26-19-8-6-7-9-19/h14-20H,6-13H2,1-5H3,(H2,22,23,24)/t15?,16-,17-,18?,20?/m1/s1. The quantitative estimate of drug-likeness (QED) is 0.601. The van der Waals surface area contributed by atoms with Gasteiger partial charge in [0, 0.05) is 12.1 Å². The number of amides is 2. The van der Waals surface area contributed by atoms with Crippen molar-refractivity contribution >= 4 is 6.03 Å². The molecule has 2 aliphatic carbocycles. The molecule has 2 N–H and O–H groups in total. The molecule has 3 atom stereocenters.